The molecular formula is C61H43N3. The van der Waals surface area contributed by atoms with Crippen molar-refractivity contribution in [3.05, 3.63) is 254 Å². The van der Waals surface area contributed by atoms with Gasteiger partial charge < -0.3 is 15.2 Å². The second-order valence-electron chi connectivity index (χ2n) is 16.6. The van der Waals surface area contributed by atoms with E-state index in [1.54, 1.807) is 0 Å². The van der Waals surface area contributed by atoms with Crippen LogP contribution in [0.5, 0.6) is 0 Å². The molecule has 0 amide bonds. The fraction of sp³-hybridized carbons (Fsp3) is 0.0164. The van der Waals surface area contributed by atoms with Gasteiger partial charge in [0.05, 0.1) is 17.3 Å². The quantitative estimate of drug-likeness (QED) is 0.160. The van der Waals surface area contributed by atoms with Crippen molar-refractivity contribution in [2.24, 2.45) is 0 Å². The molecule has 0 bridgehead atoms. The zero-order valence-corrected chi connectivity index (χ0v) is 35.1. The van der Waals surface area contributed by atoms with Crippen molar-refractivity contribution in [2.45, 2.75) is 6.04 Å². The molecule has 3 heteroatoms. The van der Waals surface area contributed by atoms with Crippen LogP contribution in [-0.4, -0.2) is 4.57 Å². The van der Waals surface area contributed by atoms with Gasteiger partial charge in [-0.3, -0.25) is 0 Å². The summed E-state index contributed by atoms with van der Waals surface area (Å²) < 4.78 is 2.46. The lowest BCUT2D eigenvalue weighted by atomic mass is 9.84. The van der Waals surface area contributed by atoms with Gasteiger partial charge in [-0.25, -0.2) is 0 Å². The molecule has 0 radical (unpaired) electrons. The Hall–Kier alpha value is -8.40. The van der Waals surface area contributed by atoms with Gasteiger partial charge >= 0.3 is 0 Å². The van der Waals surface area contributed by atoms with E-state index in [2.05, 4.69) is 258 Å². The van der Waals surface area contributed by atoms with Crippen LogP contribution in [0.2, 0.25) is 0 Å². The smallest absolute Gasteiger partial charge is 0.0773 e. The fourth-order valence-corrected chi connectivity index (χ4v) is 9.85. The minimum atomic E-state index is 0.00448. The van der Waals surface area contributed by atoms with E-state index in [1.807, 2.05) is 0 Å². The highest BCUT2D eigenvalue weighted by Gasteiger charge is 2.27. The van der Waals surface area contributed by atoms with Crippen LogP contribution in [0.4, 0.5) is 17.1 Å². The number of rotatable bonds is 8. The van der Waals surface area contributed by atoms with Crippen molar-refractivity contribution in [1.29, 1.82) is 0 Å². The van der Waals surface area contributed by atoms with E-state index in [-0.39, 0.29) is 6.04 Å². The third-order valence-corrected chi connectivity index (χ3v) is 12.8. The molecule has 11 aromatic rings. The lowest BCUT2D eigenvalue weighted by molar-refractivity contribution is 0.930. The molecule has 2 heterocycles. The summed E-state index contributed by atoms with van der Waals surface area (Å²) in [5.74, 6) is 0. The summed E-state index contributed by atoms with van der Waals surface area (Å²) in [7, 11) is 0. The zero-order chi connectivity index (χ0) is 42.4. The first-order valence-electron chi connectivity index (χ1n) is 22.0. The predicted molar refractivity (Wildman–Crippen MR) is 270 cm³/mol. The van der Waals surface area contributed by atoms with Gasteiger partial charge in [0, 0.05) is 44.8 Å². The van der Waals surface area contributed by atoms with Gasteiger partial charge in [0.15, 0.2) is 0 Å². The van der Waals surface area contributed by atoms with Gasteiger partial charge in [-0.05, 0) is 104 Å². The van der Waals surface area contributed by atoms with Crippen LogP contribution in [0, 0.1) is 0 Å². The molecule has 0 fully saturated rings. The Balaban J connectivity index is 0.958. The Morgan fingerprint density at radius 2 is 1.05 bits per heavy atom. The molecule has 1 atom stereocenters. The average molecular weight is 818 g/mol. The van der Waals surface area contributed by atoms with E-state index in [1.165, 1.54) is 71.8 Å². The molecule has 0 saturated heterocycles. The van der Waals surface area contributed by atoms with E-state index >= 15 is 0 Å². The number of para-hydroxylation sites is 3. The topological polar surface area (TPSA) is 29.0 Å². The summed E-state index contributed by atoms with van der Waals surface area (Å²) >= 11 is 0. The molecule has 1 aliphatic rings. The first-order chi connectivity index (χ1) is 31.7. The monoisotopic (exact) mass is 817 g/mol. The van der Waals surface area contributed by atoms with Crippen LogP contribution in [0.15, 0.2) is 243 Å². The van der Waals surface area contributed by atoms with E-state index in [4.69, 9.17) is 0 Å². The molecule has 64 heavy (non-hydrogen) atoms. The molecule has 0 aliphatic carbocycles. The highest BCUT2D eigenvalue weighted by molar-refractivity contribution is 6.08. The molecule has 1 aromatic heterocycles. The second kappa shape index (κ2) is 15.8. The lowest BCUT2D eigenvalue weighted by Crippen LogP contribution is -2.18. The van der Waals surface area contributed by atoms with Crippen LogP contribution < -0.4 is 10.6 Å². The zero-order valence-electron chi connectivity index (χ0n) is 35.1. The first kappa shape index (κ1) is 37.4. The Morgan fingerprint density at radius 3 is 1.89 bits per heavy atom. The van der Waals surface area contributed by atoms with Crippen molar-refractivity contribution in [2.75, 3.05) is 10.6 Å². The van der Waals surface area contributed by atoms with Gasteiger partial charge in [0.1, 0.15) is 0 Å². The first-order valence-corrected chi connectivity index (χ1v) is 22.0. The summed E-state index contributed by atoms with van der Waals surface area (Å²) in [6.07, 6.45) is 0. The van der Waals surface area contributed by atoms with E-state index < -0.39 is 0 Å². The summed E-state index contributed by atoms with van der Waals surface area (Å²) in [5, 5.41) is 11.5. The molecule has 3 nitrogen and oxygen atoms in total. The number of fused-ring (bicyclic) bond motifs is 5. The SMILES string of the molecule is c1ccc(-c2ccc3c(c2)-c2ccccc2NC3c2ccc(Nc3ccccc3-c3c(-c4ccccc4)c4ccccc4n3-c3cccc(-c4cccc5ccccc45)c3)cc2)cc1. The number of anilines is 3. The van der Waals surface area contributed by atoms with Crippen molar-refractivity contribution in [3.63, 3.8) is 0 Å². The van der Waals surface area contributed by atoms with Crippen LogP contribution in [0.3, 0.4) is 0 Å². The van der Waals surface area contributed by atoms with E-state index in [0.29, 0.717) is 0 Å². The van der Waals surface area contributed by atoms with Crippen LogP contribution in [0.25, 0.3) is 83.1 Å². The van der Waals surface area contributed by atoms with Crippen molar-refractivity contribution in [1.82, 2.24) is 4.57 Å². The van der Waals surface area contributed by atoms with Crippen LogP contribution in [-0.2, 0) is 0 Å². The normalized spacial score (nSPS) is 13.0. The number of hydrogen-bond acceptors (Lipinski definition) is 2. The minimum Gasteiger partial charge on any atom is -0.374 e. The molecule has 0 spiro atoms. The predicted octanol–water partition coefficient (Wildman–Crippen LogP) is 16.4. The molecule has 2 N–H and O–H groups in total. The number of aromatic nitrogens is 1. The van der Waals surface area contributed by atoms with Gasteiger partial charge in [-0.1, -0.05) is 194 Å². The third kappa shape index (κ3) is 6.54. The number of nitrogens with zero attached hydrogens (tertiary/aromatic N) is 1. The summed E-state index contributed by atoms with van der Waals surface area (Å²) in [4.78, 5) is 0. The molecule has 302 valence electrons. The Kier molecular flexibility index (Phi) is 9.23. The second-order valence-corrected chi connectivity index (χ2v) is 16.6. The standard InChI is InChI=1S/C61H43N3/c1-3-17-41(18-4-1)45-35-38-52-55(40-45)51-26-9-12-30-56(51)63-60(52)44-33-36-47(37-34-44)62-57-31-13-10-27-53(57)61-59(43-20-5-2-6-21-43)54-28-11-14-32-58(54)64(61)48-24-15-23-46(39-48)50-29-16-22-42-19-7-8-25-49(42)50/h1-40,60,62-63H. The summed E-state index contributed by atoms with van der Waals surface area (Å²) in [6, 6.07) is 87.8. The average Bonchev–Trinajstić information content (AvgIpc) is 3.72. The Bertz CT molecular complexity index is 3490. The summed E-state index contributed by atoms with van der Waals surface area (Å²) in [5.41, 5.74) is 19.9. The molecule has 12 rings (SSSR count). The number of benzene rings is 10. The highest BCUT2D eigenvalue weighted by Crippen LogP contribution is 2.47. The Labute approximate surface area is 373 Å². The fourth-order valence-electron chi connectivity index (χ4n) is 9.85. The highest BCUT2D eigenvalue weighted by atomic mass is 15.0. The molecular weight excluding hydrogens is 775 g/mol. The maximum Gasteiger partial charge on any atom is 0.0773 e. The number of hydrogen-bond donors (Lipinski definition) is 2. The molecule has 1 unspecified atom stereocenters. The maximum absolute atomic E-state index is 3.89. The van der Waals surface area contributed by atoms with Crippen LogP contribution >= 0.6 is 0 Å². The lowest BCUT2D eigenvalue weighted by Gasteiger charge is -2.31. The van der Waals surface area contributed by atoms with Gasteiger partial charge in [0.2, 0.25) is 0 Å². The van der Waals surface area contributed by atoms with E-state index in [9.17, 15) is 0 Å². The molecule has 10 aromatic carbocycles. The van der Waals surface area contributed by atoms with Gasteiger partial charge in [0.25, 0.3) is 0 Å². The maximum atomic E-state index is 3.89. The third-order valence-electron chi connectivity index (χ3n) is 12.8. The van der Waals surface area contributed by atoms with Crippen LogP contribution in [0.1, 0.15) is 17.2 Å². The summed E-state index contributed by atoms with van der Waals surface area (Å²) in [6.45, 7) is 0. The van der Waals surface area contributed by atoms with E-state index in [0.717, 1.165) is 39.5 Å². The Morgan fingerprint density at radius 1 is 0.406 bits per heavy atom. The largest absolute Gasteiger partial charge is 0.374 e. The van der Waals surface area contributed by atoms with Crippen molar-refractivity contribution < 1.29 is 0 Å². The van der Waals surface area contributed by atoms with Crippen molar-refractivity contribution in [3.8, 4) is 61.5 Å². The van der Waals surface area contributed by atoms with Gasteiger partial charge in [-0.2, -0.15) is 0 Å². The molecule has 0 saturated carbocycles. The molecule has 1 aliphatic heterocycles. The van der Waals surface area contributed by atoms with Crippen molar-refractivity contribution >= 4 is 38.7 Å². The minimum absolute atomic E-state index is 0.00448. The number of nitrogens with one attached hydrogen (secondary N) is 2. The van der Waals surface area contributed by atoms with Gasteiger partial charge in [-0.15, -0.1) is 0 Å².